The van der Waals surface area contributed by atoms with Gasteiger partial charge in [0.05, 0.1) is 10.7 Å². The molecule has 0 aromatic heterocycles. The van der Waals surface area contributed by atoms with Gasteiger partial charge in [0.2, 0.25) is 0 Å². The van der Waals surface area contributed by atoms with Crippen molar-refractivity contribution in [2.24, 2.45) is 5.41 Å². The highest BCUT2D eigenvalue weighted by molar-refractivity contribution is 7.99. The van der Waals surface area contributed by atoms with Gasteiger partial charge in [0, 0.05) is 31.5 Å². The first kappa shape index (κ1) is 16.5. The van der Waals surface area contributed by atoms with Gasteiger partial charge in [-0.05, 0) is 35.8 Å². The zero-order chi connectivity index (χ0) is 15.6. The predicted molar refractivity (Wildman–Crippen MR) is 92.6 cm³/mol. The minimum atomic E-state index is -0.00642. The Bertz CT molecular complexity index is 531. The summed E-state index contributed by atoms with van der Waals surface area (Å²) in [5.74, 6) is 2.26. The maximum Gasteiger partial charge on any atom is 0.253 e. The number of carbonyl (C=O) groups excluding carboxylic acids is 1. The number of carbonyl (C=O) groups is 1. The molecule has 1 unspecified atom stereocenters. The molecule has 1 fully saturated rings. The van der Waals surface area contributed by atoms with Gasteiger partial charge in [0.1, 0.15) is 0 Å². The van der Waals surface area contributed by atoms with Gasteiger partial charge in [0.25, 0.3) is 5.91 Å². The number of hydrogen-bond acceptors (Lipinski definition) is 3. The largest absolute Gasteiger partial charge is 0.380 e. The van der Waals surface area contributed by atoms with Gasteiger partial charge in [-0.25, -0.2) is 0 Å². The van der Waals surface area contributed by atoms with Gasteiger partial charge in [-0.1, -0.05) is 25.4 Å². The molecule has 0 spiro atoms. The summed E-state index contributed by atoms with van der Waals surface area (Å²) in [6.45, 7) is 4.59. The molecule has 1 saturated heterocycles. The molecule has 1 aliphatic rings. The Hall–Kier alpha value is -0.870. The number of halogens is 1. The van der Waals surface area contributed by atoms with E-state index in [0.717, 1.165) is 17.9 Å². The van der Waals surface area contributed by atoms with Crippen molar-refractivity contribution in [3.8, 4) is 0 Å². The highest BCUT2D eigenvalue weighted by atomic mass is 35.5. The first-order valence-electron chi connectivity index (χ1n) is 7.14. The summed E-state index contributed by atoms with van der Waals surface area (Å²) in [7, 11) is 3.51. The van der Waals surface area contributed by atoms with E-state index in [1.807, 2.05) is 17.8 Å². The lowest BCUT2D eigenvalue weighted by atomic mass is 9.87. The summed E-state index contributed by atoms with van der Waals surface area (Å²) >= 11 is 8.25. The van der Waals surface area contributed by atoms with Crippen LogP contribution in [0.1, 0.15) is 30.6 Å². The zero-order valence-electron chi connectivity index (χ0n) is 13.1. The van der Waals surface area contributed by atoms with E-state index in [0.29, 0.717) is 22.0 Å². The van der Waals surface area contributed by atoms with E-state index in [4.69, 9.17) is 11.6 Å². The SMILES string of the molecule is CN(C)C(=O)c1ccc(Cl)c(NC2CSCC(C)(C)C2)c1. The van der Waals surface area contributed by atoms with Crippen molar-refractivity contribution in [3.63, 3.8) is 0 Å². The molecule has 0 saturated carbocycles. The Morgan fingerprint density at radius 3 is 2.76 bits per heavy atom. The summed E-state index contributed by atoms with van der Waals surface area (Å²) in [4.78, 5) is 13.6. The molecule has 0 aliphatic carbocycles. The van der Waals surface area contributed by atoms with Gasteiger partial charge < -0.3 is 10.2 Å². The van der Waals surface area contributed by atoms with Crippen LogP contribution in [-0.2, 0) is 0 Å². The van der Waals surface area contributed by atoms with Crippen LogP contribution in [0, 0.1) is 5.41 Å². The molecule has 1 heterocycles. The molecular formula is C16H23ClN2OS. The first-order chi connectivity index (χ1) is 9.78. The van der Waals surface area contributed by atoms with Crippen molar-refractivity contribution in [3.05, 3.63) is 28.8 Å². The van der Waals surface area contributed by atoms with Gasteiger partial charge in [0.15, 0.2) is 0 Å². The molecule has 1 N–H and O–H groups in total. The van der Waals surface area contributed by atoms with Crippen molar-refractivity contribution in [2.45, 2.75) is 26.3 Å². The van der Waals surface area contributed by atoms with E-state index < -0.39 is 0 Å². The molecule has 1 amide bonds. The van der Waals surface area contributed by atoms with E-state index in [-0.39, 0.29) is 5.91 Å². The van der Waals surface area contributed by atoms with E-state index in [1.165, 1.54) is 5.75 Å². The first-order valence-corrected chi connectivity index (χ1v) is 8.67. The number of rotatable bonds is 3. The summed E-state index contributed by atoms with van der Waals surface area (Å²) in [6, 6.07) is 5.81. The molecule has 1 aliphatic heterocycles. The van der Waals surface area contributed by atoms with Crippen LogP contribution < -0.4 is 5.32 Å². The maximum atomic E-state index is 12.1. The second-order valence-electron chi connectivity index (χ2n) is 6.62. The Morgan fingerprint density at radius 2 is 2.14 bits per heavy atom. The normalized spacial score (nSPS) is 20.9. The third-order valence-corrected chi connectivity index (χ3v) is 5.54. The Labute approximate surface area is 136 Å². The fourth-order valence-corrected chi connectivity index (χ4v) is 4.05. The second-order valence-corrected chi connectivity index (χ2v) is 8.06. The van der Waals surface area contributed by atoms with E-state index in [9.17, 15) is 4.79 Å². The van der Waals surface area contributed by atoms with Gasteiger partial charge in [-0.3, -0.25) is 4.79 Å². The van der Waals surface area contributed by atoms with Gasteiger partial charge in [-0.2, -0.15) is 11.8 Å². The number of amides is 1. The molecule has 2 rings (SSSR count). The summed E-state index contributed by atoms with van der Waals surface area (Å²) in [6.07, 6.45) is 1.11. The lowest BCUT2D eigenvalue weighted by Crippen LogP contribution is -2.35. The zero-order valence-corrected chi connectivity index (χ0v) is 14.6. The maximum absolute atomic E-state index is 12.1. The van der Waals surface area contributed by atoms with Crippen molar-refractivity contribution in [1.29, 1.82) is 0 Å². The van der Waals surface area contributed by atoms with E-state index in [2.05, 4.69) is 19.2 Å². The molecule has 116 valence electrons. The highest BCUT2D eigenvalue weighted by Crippen LogP contribution is 2.35. The van der Waals surface area contributed by atoms with Crippen molar-refractivity contribution in [1.82, 2.24) is 4.90 Å². The molecule has 21 heavy (non-hydrogen) atoms. The smallest absolute Gasteiger partial charge is 0.253 e. The standard InChI is InChI=1S/C16H23ClN2OS/c1-16(2)8-12(9-21-10-16)18-14-7-11(5-6-13(14)17)15(20)19(3)4/h5-7,12,18H,8-10H2,1-4H3. The van der Waals surface area contributed by atoms with Crippen LogP contribution >= 0.6 is 23.4 Å². The number of anilines is 1. The van der Waals surface area contributed by atoms with Gasteiger partial charge in [-0.15, -0.1) is 0 Å². The average molecular weight is 327 g/mol. The monoisotopic (exact) mass is 326 g/mol. The van der Waals surface area contributed by atoms with Crippen LogP contribution in [0.4, 0.5) is 5.69 Å². The minimum absolute atomic E-state index is 0.00642. The second kappa shape index (κ2) is 6.49. The lowest BCUT2D eigenvalue weighted by molar-refractivity contribution is 0.0827. The summed E-state index contributed by atoms with van der Waals surface area (Å²) in [5, 5.41) is 4.18. The quantitative estimate of drug-likeness (QED) is 0.911. The summed E-state index contributed by atoms with van der Waals surface area (Å²) < 4.78 is 0. The third kappa shape index (κ3) is 4.30. The van der Waals surface area contributed by atoms with E-state index in [1.54, 1.807) is 31.1 Å². The van der Waals surface area contributed by atoms with Crippen LogP contribution in [0.3, 0.4) is 0 Å². The van der Waals surface area contributed by atoms with Gasteiger partial charge >= 0.3 is 0 Å². The molecule has 1 atom stereocenters. The van der Waals surface area contributed by atoms with E-state index >= 15 is 0 Å². The molecule has 1 aromatic rings. The van der Waals surface area contributed by atoms with Crippen molar-refractivity contribution in [2.75, 3.05) is 30.9 Å². The lowest BCUT2D eigenvalue weighted by Gasteiger charge is -2.35. The Kier molecular flexibility index (Phi) is 5.10. The van der Waals surface area contributed by atoms with Crippen LogP contribution in [0.25, 0.3) is 0 Å². The molecular weight excluding hydrogens is 304 g/mol. The topological polar surface area (TPSA) is 32.3 Å². The third-order valence-electron chi connectivity index (χ3n) is 3.59. The van der Waals surface area contributed by atoms with Crippen LogP contribution in [-0.4, -0.2) is 42.4 Å². The average Bonchev–Trinajstić information content (AvgIpc) is 2.39. The highest BCUT2D eigenvalue weighted by Gasteiger charge is 2.28. The number of benzene rings is 1. The number of hydrogen-bond donors (Lipinski definition) is 1. The number of nitrogens with zero attached hydrogens (tertiary/aromatic N) is 1. The molecule has 1 aromatic carbocycles. The Morgan fingerprint density at radius 1 is 1.43 bits per heavy atom. The van der Waals surface area contributed by atoms with Crippen LogP contribution in [0.5, 0.6) is 0 Å². The van der Waals surface area contributed by atoms with Crippen molar-refractivity contribution >= 4 is 35.0 Å². The molecule has 5 heteroatoms. The van der Waals surface area contributed by atoms with Crippen molar-refractivity contribution < 1.29 is 4.79 Å². The van der Waals surface area contributed by atoms with Crippen LogP contribution in [0.2, 0.25) is 5.02 Å². The molecule has 0 bridgehead atoms. The fourth-order valence-electron chi connectivity index (χ4n) is 2.60. The van der Waals surface area contributed by atoms with Crippen LogP contribution in [0.15, 0.2) is 18.2 Å². The Balaban J connectivity index is 2.16. The number of nitrogens with one attached hydrogen (secondary N) is 1. The number of thioether (sulfide) groups is 1. The fraction of sp³-hybridized carbons (Fsp3) is 0.562. The predicted octanol–water partition coefficient (Wildman–Crippen LogP) is 3.99. The summed E-state index contributed by atoms with van der Waals surface area (Å²) in [5.41, 5.74) is 1.85. The molecule has 0 radical (unpaired) electrons. The molecule has 3 nitrogen and oxygen atoms in total. The minimum Gasteiger partial charge on any atom is -0.380 e.